The summed E-state index contributed by atoms with van der Waals surface area (Å²) < 4.78 is 0. The second kappa shape index (κ2) is 7.63. The van der Waals surface area contributed by atoms with Crippen LogP contribution in [-0.2, 0) is 0 Å². The third kappa shape index (κ3) is 3.51. The van der Waals surface area contributed by atoms with Crippen LogP contribution < -0.4 is 20.9 Å². The summed E-state index contributed by atoms with van der Waals surface area (Å²) in [5.74, 6) is 2.38. The Morgan fingerprint density at radius 1 is 1.04 bits per heavy atom. The van der Waals surface area contributed by atoms with Gasteiger partial charge in [-0.25, -0.2) is 9.97 Å². The van der Waals surface area contributed by atoms with Crippen LogP contribution in [0.2, 0.25) is 0 Å². The van der Waals surface area contributed by atoms with Gasteiger partial charge in [0.2, 0.25) is 11.9 Å². The molecule has 0 radical (unpaired) electrons. The fraction of sp³-hybridized carbons (Fsp3) is 0.571. The molecule has 2 aromatic heterocycles. The normalized spacial score (nSPS) is 13.3. The minimum absolute atomic E-state index is 0. The summed E-state index contributed by atoms with van der Waals surface area (Å²) in [6.45, 7) is 0.404. The highest BCUT2D eigenvalue weighted by Crippen LogP contribution is 2.34. The molecular weight excluding hydrogens is 332 g/mol. The summed E-state index contributed by atoms with van der Waals surface area (Å²) in [5.41, 5.74) is 1.33. The van der Waals surface area contributed by atoms with Gasteiger partial charge >= 0.3 is 0 Å². The Morgan fingerprint density at radius 2 is 1.67 bits per heavy atom. The zero-order chi connectivity index (χ0) is 16.4. The number of aliphatic hydroxyl groups is 1. The lowest BCUT2D eigenvalue weighted by Crippen LogP contribution is -2.22. The quantitative estimate of drug-likeness (QED) is 0.576. The number of hydrogen-bond donors (Lipinski definition) is 4. The van der Waals surface area contributed by atoms with Crippen molar-refractivity contribution in [1.29, 1.82) is 0 Å². The van der Waals surface area contributed by atoms with Crippen molar-refractivity contribution < 1.29 is 5.11 Å². The molecule has 0 amide bonds. The molecule has 2 aromatic rings. The fourth-order valence-electron chi connectivity index (χ4n) is 2.40. The highest BCUT2D eigenvalue weighted by Gasteiger charge is 2.29. The summed E-state index contributed by atoms with van der Waals surface area (Å²) in [6, 6.07) is 0.500. The Morgan fingerprint density at radius 3 is 2.25 bits per heavy atom. The molecule has 0 aliphatic heterocycles. The molecule has 0 spiro atoms. The van der Waals surface area contributed by atoms with E-state index in [0.717, 1.165) is 18.7 Å². The number of halogens is 1. The largest absolute Gasteiger partial charge is 0.395 e. The molecule has 10 heteroatoms. The van der Waals surface area contributed by atoms with Gasteiger partial charge in [-0.2, -0.15) is 9.97 Å². The maximum atomic E-state index is 9.08. The summed E-state index contributed by atoms with van der Waals surface area (Å²) in [7, 11) is 5.58. The summed E-state index contributed by atoms with van der Waals surface area (Å²) in [5, 5.41) is 18.1. The van der Waals surface area contributed by atoms with E-state index >= 15 is 0 Å². The number of rotatable bonds is 7. The first kappa shape index (κ1) is 18.2. The van der Waals surface area contributed by atoms with Gasteiger partial charge in [-0.05, 0) is 12.8 Å². The molecule has 2 heterocycles. The minimum atomic E-state index is 0. The minimum Gasteiger partial charge on any atom is -0.395 e. The molecule has 4 N–H and O–H groups in total. The molecule has 1 aliphatic rings. The van der Waals surface area contributed by atoms with E-state index in [1.165, 1.54) is 0 Å². The van der Waals surface area contributed by atoms with Crippen LogP contribution in [-0.4, -0.2) is 65.4 Å². The van der Waals surface area contributed by atoms with Crippen LogP contribution in [0.15, 0.2) is 0 Å². The van der Waals surface area contributed by atoms with Crippen molar-refractivity contribution in [2.75, 3.05) is 55.1 Å². The van der Waals surface area contributed by atoms with Gasteiger partial charge in [0.1, 0.15) is 11.0 Å². The molecule has 1 fully saturated rings. The lowest BCUT2D eigenvalue weighted by atomic mass is 10.3. The zero-order valence-electron chi connectivity index (χ0n) is 14.0. The van der Waals surface area contributed by atoms with E-state index < -0.39 is 0 Å². The Bertz CT molecular complexity index is 709. The van der Waals surface area contributed by atoms with E-state index in [1.54, 1.807) is 14.1 Å². The summed E-state index contributed by atoms with van der Waals surface area (Å²) in [6.07, 6.45) is 2.33. The Labute approximate surface area is 146 Å². The van der Waals surface area contributed by atoms with Crippen molar-refractivity contribution in [3.63, 3.8) is 0 Å². The zero-order valence-corrected chi connectivity index (χ0v) is 14.8. The monoisotopic (exact) mass is 354 g/mol. The van der Waals surface area contributed by atoms with Crippen LogP contribution in [0.25, 0.3) is 11.0 Å². The molecule has 24 heavy (non-hydrogen) atoms. The number of hydrogen-bond acceptors (Lipinski definition) is 9. The van der Waals surface area contributed by atoms with E-state index in [-0.39, 0.29) is 19.0 Å². The predicted molar refractivity (Wildman–Crippen MR) is 98.5 cm³/mol. The van der Waals surface area contributed by atoms with Gasteiger partial charge in [0, 0.05) is 33.7 Å². The number of nitrogens with one attached hydrogen (secondary N) is 3. The molecule has 0 atom stereocenters. The Hall–Kier alpha value is -2.13. The highest BCUT2D eigenvalue weighted by molar-refractivity contribution is 5.94. The number of aliphatic hydroxyl groups excluding tert-OH is 1. The molecule has 9 nitrogen and oxygen atoms in total. The number of fused-ring (bicyclic) bond motifs is 1. The first-order chi connectivity index (χ1) is 11.2. The van der Waals surface area contributed by atoms with Crippen molar-refractivity contribution in [3.8, 4) is 0 Å². The Balaban J connectivity index is 0.00000208. The van der Waals surface area contributed by atoms with E-state index in [4.69, 9.17) is 5.11 Å². The number of anilines is 4. The van der Waals surface area contributed by atoms with E-state index in [1.807, 2.05) is 7.05 Å². The SMILES string of the molecule is CNc1nc(N(C)C2CC2)c2nc(NC)nc(NCCO)c2n1.Cl. The van der Waals surface area contributed by atoms with Gasteiger partial charge in [-0.1, -0.05) is 0 Å². The van der Waals surface area contributed by atoms with Crippen molar-refractivity contribution >= 4 is 47.0 Å². The standard InChI is InChI=1S/C14H22N8O.ClH/c1-15-13-19-10-9(11(20-13)17-6-7-23)18-14(16-2)21-12(10)22(3)8-4-5-8;/h8,23H,4-7H2,1-3H3,(H,16,18,21)(H2,15,17,19,20);1H. The smallest absolute Gasteiger partial charge is 0.225 e. The van der Waals surface area contributed by atoms with Gasteiger partial charge in [-0.15, -0.1) is 12.4 Å². The van der Waals surface area contributed by atoms with Crippen molar-refractivity contribution in [1.82, 2.24) is 19.9 Å². The van der Waals surface area contributed by atoms with Crippen LogP contribution in [0, 0.1) is 0 Å². The van der Waals surface area contributed by atoms with Crippen LogP contribution in [0.5, 0.6) is 0 Å². The van der Waals surface area contributed by atoms with Gasteiger partial charge in [-0.3, -0.25) is 0 Å². The van der Waals surface area contributed by atoms with E-state index in [9.17, 15) is 0 Å². The molecule has 3 rings (SSSR count). The van der Waals surface area contributed by atoms with Crippen LogP contribution in [0.1, 0.15) is 12.8 Å². The molecule has 1 saturated carbocycles. The van der Waals surface area contributed by atoms with Gasteiger partial charge in [0.15, 0.2) is 11.6 Å². The lowest BCUT2D eigenvalue weighted by molar-refractivity contribution is 0.311. The molecule has 0 bridgehead atoms. The molecule has 132 valence electrons. The summed E-state index contributed by atoms with van der Waals surface area (Å²) in [4.78, 5) is 20.2. The maximum Gasteiger partial charge on any atom is 0.225 e. The predicted octanol–water partition coefficient (Wildman–Crippen LogP) is 0.928. The first-order valence-corrected chi connectivity index (χ1v) is 7.70. The molecular formula is C14H23ClN8O. The second-order valence-electron chi connectivity index (χ2n) is 5.46. The average Bonchev–Trinajstić information content (AvgIpc) is 3.42. The van der Waals surface area contributed by atoms with Crippen molar-refractivity contribution in [3.05, 3.63) is 0 Å². The summed E-state index contributed by atoms with van der Waals surface area (Å²) >= 11 is 0. The Kier molecular flexibility index (Phi) is 5.79. The molecule has 0 unspecified atom stereocenters. The van der Waals surface area contributed by atoms with Crippen LogP contribution >= 0.6 is 12.4 Å². The van der Waals surface area contributed by atoms with Gasteiger partial charge in [0.05, 0.1) is 6.61 Å². The van der Waals surface area contributed by atoms with Crippen LogP contribution in [0.3, 0.4) is 0 Å². The number of nitrogens with zero attached hydrogens (tertiary/aromatic N) is 5. The maximum absolute atomic E-state index is 9.08. The molecule has 0 saturated heterocycles. The van der Waals surface area contributed by atoms with E-state index in [2.05, 4.69) is 40.8 Å². The average molecular weight is 355 g/mol. The van der Waals surface area contributed by atoms with E-state index in [0.29, 0.717) is 41.3 Å². The fourth-order valence-corrected chi connectivity index (χ4v) is 2.40. The topological polar surface area (TPSA) is 111 Å². The lowest BCUT2D eigenvalue weighted by Gasteiger charge is -2.20. The molecule has 1 aliphatic carbocycles. The number of aromatic nitrogens is 4. The highest BCUT2D eigenvalue weighted by atomic mass is 35.5. The first-order valence-electron chi connectivity index (χ1n) is 7.70. The van der Waals surface area contributed by atoms with Crippen LogP contribution in [0.4, 0.5) is 23.5 Å². The molecule has 0 aromatic carbocycles. The van der Waals surface area contributed by atoms with Crippen molar-refractivity contribution in [2.24, 2.45) is 0 Å². The van der Waals surface area contributed by atoms with Gasteiger partial charge in [0.25, 0.3) is 0 Å². The van der Waals surface area contributed by atoms with Crippen molar-refractivity contribution in [2.45, 2.75) is 18.9 Å². The third-order valence-electron chi connectivity index (χ3n) is 3.81. The van der Waals surface area contributed by atoms with Gasteiger partial charge < -0.3 is 26.0 Å². The third-order valence-corrected chi connectivity index (χ3v) is 3.81. The second-order valence-corrected chi connectivity index (χ2v) is 5.46.